The zero-order chi connectivity index (χ0) is 29.9. The van der Waals surface area contributed by atoms with Crippen LogP contribution in [-0.4, -0.2) is 93.8 Å². The highest BCUT2D eigenvalue weighted by Gasteiger charge is 2.49. The number of epoxide rings is 1. The third-order valence-electron chi connectivity index (χ3n) is 7.56. The van der Waals surface area contributed by atoms with Crippen molar-refractivity contribution in [2.24, 2.45) is 11.8 Å². The van der Waals surface area contributed by atoms with E-state index in [1.54, 1.807) is 13.8 Å². The van der Waals surface area contributed by atoms with E-state index in [0.29, 0.717) is 25.0 Å². The van der Waals surface area contributed by atoms with Gasteiger partial charge < -0.3 is 29.2 Å². The van der Waals surface area contributed by atoms with Gasteiger partial charge >= 0.3 is 11.9 Å². The van der Waals surface area contributed by atoms with Crippen LogP contribution in [0.5, 0.6) is 0 Å². The third kappa shape index (κ3) is 12.5. The van der Waals surface area contributed by atoms with Crippen LogP contribution >= 0.6 is 0 Å². The van der Waals surface area contributed by atoms with Crippen LogP contribution in [0.3, 0.4) is 0 Å². The van der Waals surface area contributed by atoms with Gasteiger partial charge in [-0.3, -0.25) is 8.98 Å². The lowest BCUT2D eigenvalue weighted by atomic mass is 9.85. The van der Waals surface area contributed by atoms with Crippen molar-refractivity contribution in [2.45, 2.75) is 115 Å². The summed E-state index contributed by atoms with van der Waals surface area (Å²) in [6.45, 7) is 5.78. The van der Waals surface area contributed by atoms with E-state index < -0.39 is 46.4 Å². The van der Waals surface area contributed by atoms with E-state index in [4.69, 9.17) is 18.4 Å². The van der Waals surface area contributed by atoms with Crippen LogP contribution in [0.25, 0.3) is 0 Å². The predicted molar refractivity (Wildman–Crippen MR) is 147 cm³/mol. The number of carbonyl (C=O) groups is 2. The summed E-state index contributed by atoms with van der Waals surface area (Å²) in [7, 11) is -2.46. The Labute approximate surface area is 238 Å². The van der Waals surface area contributed by atoms with Gasteiger partial charge in [-0.15, -0.1) is 0 Å². The van der Waals surface area contributed by atoms with Gasteiger partial charge in [0.25, 0.3) is 10.1 Å². The molecule has 0 amide bonds. The van der Waals surface area contributed by atoms with Crippen LogP contribution in [0.2, 0.25) is 0 Å². The van der Waals surface area contributed by atoms with E-state index in [1.165, 1.54) is 13.2 Å². The molecule has 0 spiro atoms. The number of aliphatic hydroxyl groups excluding tert-OH is 2. The fourth-order valence-electron chi connectivity index (χ4n) is 5.00. The van der Waals surface area contributed by atoms with E-state index in [0.717, 1.165) is 44.8 Å². The first-order valence-corrected chi connectivity index (χ1v) is 16.1. The monoisotopic (exact) mass is 592 g/mol. The molecule has 0 saturated carbocycles. The van der Waals surface area contributed by atoms with Gasteiger partial charge in [0.1, 0.15) is 12.2 Å². The maximum Gasteiger partial charge on any atom is 0.330 e. The minimum absolute atomic E-state index is 0.0710. The fourth-order valence-corrected chi connectivity index (χ4v) is 5.68. The molecule has 2 rings (SSSR count). The van der Waals surface area contributed by atoms with Gasteiger partial charge in [-0.2, -0.15) is 8.42 Å². The SMILES string of the molecule is COC(=O)CCCCCCCCOC(=O)/C=C(\C)C[C@@H]1OC[C@H](C[C@@H]2O[C@H]2[C@@H](C)[C@H](C)O)[C@@H](OS(C)(=O)=O)[C@H]1O. The number of carbonyl (C=O) groups excluding carboxylic acids is 2. The van der Waals surface area contributed by atoms with Gasteiger partial charge in [-0.1, -0.05) is 38.2 Å². The quantitative estimate of drug-likeness (QED) is 0.0792. The van der Waals surface area contributed by atoms with E-state index in [1.807, 2.05) is 6.92 Å². The molecule has 0 aromatic carbocycles. The lowest BCUT2D eigenvalue weighted by molar-refractivity contribution is -0.155. The number of ether oxygens (including phenoxy) is 4. The number of esters is 2. The minimum atomic E-state index is -3.85. The van der Waals surface area contributed by atoms with E-state index >= 15 is 0 Å². The highest BCUT2D eigenvalue weighted by Crippen LogP contribution is 2.39. The number of unbranched alkanes of at least 4 members (excludes halogenated alkanes) is 5. The first-order chi connectivity index (χ1) is 18.8. The Morgan fingerprint density at radius 2 is 1.73 bits per heavy atom. The third-order valence-corrected chi connectivity index (χ3v) is 8.13. The maximum absolute atomic E-state index is 12.2. The van der Waals surface area contributed by atoms with E-state index in [2.05, 4.69) is 4.74 Å². The van der Waals surface area contributed by atoms with Crippen molar-refractivity contribution in [3.05, 3.63) is 11.6 Å². The molecular formula is C28H48O11S. The molecule has 12 heteroatoms. The van der Waals surface area contributed by atoms with E-state index in [9.17, 15) is 28.2 Å². The molecule has 8 atom stereocenters. The normalized spacial score (nSPS) is 28.5. The molecule has 232 valence electrons. The van der Waals surface area contributed by atoms with Crippen LogP contribution in [0, 0.1) is 11.8 Å². The van der Waals surface area contributed by atoms with Crippen molar-refractivity contribution < 1.29 is 51.4 Å². The Kier molecular flexibility index (Phi) is 14.5. The second-order valence-electron chi connectivity index (χ2n) is 11.2. The molecule has 0 unspecified atom stereocenters. The Morgan fingerprint density at radius 3 is 2.35 bits per heavy atom. The van der Waals surface area contributed by atoms with Crippen molar-refractivity contribution in [2.75, 3.05) is 26.6 Å². The largest absolute Gasteiger partial charge is 0.469 e. The summed E-state index contributed by atoms with van der Waals surface area (Å²) < 4.78 is 50.7. The molecule has 0 aliphatic carbocycles. The molecule has 2 heterocycles. The highest BCUT2D eigenvalue weighted by molar-refractivity contribution is 7.86. The fraction of sp³-hybridized carbons (Fsp3) is 0.857. The van der Waals surface area contributed by atoms with Gasteiger partial charge in [-0.05, 0) is 39.5 Å². The minimum Gasteiger partial charge on any atom is -0.469 e. The Morgan fingerprint density at radius 1 is 1.07 bits per heavy atom. The maximum atomic E-state index is 12.2. The van der Waals surface area contributed by atoms with Crippen molar-refractivity contribution in [3.8, 4) is 0 Å². The number of methoxy groups -OCH3 is 1. The molecular weight excluding hydrogens is 544 g/mol. The lowest BCUT2D eigenvalue weighted by Gasteiger charge is -2.39. The number of hydrogen-bond acceptors (Lipinski definition) is 11. The summed E-state index contributed by atoms with van der Waals surface area (Å²) in [5.41, 5.74) is 0.632. The first kappa shape index (κ1) is 34.6. The molecule has 2 saturated heterocycles. The van der Waals surface area contributed by atoms with Crippen LogP contribution in [0.1, 0.15) is 78.6 Å². The molecule has 2 N–H and O–H groups in total. The Hall–Kier alpha value is -1.57. The van der Waals surface area contributed by atoms with Crippen LogP contribution in [-0.2, 0) is 42.8 Å². The van der Waals surface area contributed by atoms with Gasteiger partial charge in [0.05, 0.1) is 51.0 Å². The van der Waals surface area contributed by atoms with Gasteiger partial charge in [-0.25, -0.2) is 4.79 Å². The van der Waals surface area contributed by atoms with Gasteiger partial charge in [0.15, 0.2) is 0 Å². The molecule has 0 aromatic heterocycles. The van der Waals surface area contributed by atoms with Crippen molar-refractivity contribution >= 4 is 22.1 Å². The van der Waals surface area contributed by atoms with Crippen LogP contribution in [0.4, 0.5) is 0 Å². The van der Waals surface area contributed by atoms with Crippen LogP contribution < -0.4 is 0 Å². The Balaban J connectivity index is 1.77. The zero-order valence-electron chi connectivity index (χ0n) is 24.5. The molecule has 11 nitrogen and oxygen atoms in total. The lowest BCUT2D eigenvalue weighted by Crippen LogP contribution is -2.52. The van der Waals surface area contributed by atoms with E-state index in [-0.39, 0.29) is 37.1 Å². The summed E-state index contributed by atoms with van der Waals surface area (Å²) in [5, 5.41) is 20.8. The molecule has 2 fully saturated rings. The molecule has 0 aromatic rings. The second kappa shape index (κ2) is 16.8. The molecule has 0 radical (unpaired) electrons. The van der Waals surface area contributed by atoms with Crippen molar-refractivity contribution in [1.82, 2.24) is 0 Å². The number of hydrogen-bond donors (Lipinski definition) is 2. The summed E-state index contributed by atoms with van der Waals surface area (Å²) >= 11 is 0. The van der Waals surface area contributed by atoms with Gasteiger partial charge in [0, 0.05) is 24.3 Å². The highest BCUT2D eigenvalue weighted by atomic mass is 32.2. The number of aliphatic hydroxyl groups is 2. The molecule has 40 heavy (non-hydrogen) atoms. The smallest absolute Gasteiger partial charge is 0.330 e. The van der Waals surface area contributed by atoms with Crippen molar-refractivity contribution in [3.63, 3.8) is 0 Å². The Bertz CT molecular complexity index is 933. The summed E-state index contributed by atoms with van der Waals surface area (Å²) in [4.78, 5) is 23.3. The summed E-state index contributed by atoms with van der Waals surface area (Å²) in [5.74, 6) is -1.16. The second-order valence-corrected chi connectivity index (χ2v) is 12.8. The summed E-state index contributed by atoms with van der Waals surface area (Å²) in [6, 6.07) is 0. The average molecular weight is 593 g/mol. The predicted octanol–water partition coefficient (Wildman–Crippen LogP) is 2.66. The molecule has 2 aliphatic heterocycles. The first-order valence-electron chi connectivity index (χ1n) is 14.2. The number of rotatable bonds is 18. The topological polar surface area (TPSA) is 158 Å². The molecule has 2 aliphatic rings. The summed E-state index contributed by atoms with van der Waals surface area (Å²) in [6.07, 6.45) is 4.99. The van der Waals surface area contributed by atoms with Crippen molar-refractivity contribution in [1.29, 1.82) is 0 Å². The molecule has 0 bridgehead atoms. The van der Waals surface area contributed by atoms with Crippen LogP contribution in [0.15, 0.2) is 11.6 Å². The zero-order valence-corrected chi connectivity index (χ0v) is 25.3. The standard InChI is InChI=1S/C28H48O11S/c1-18(15-25(31)36-13-11-9-7-6-8-10-12-24(30)35-4)14-22-26(32)28(39-40(5,33)34)21(17-37-22)16-23-27(38-23)19(2)20(3)29/h15,19-23,26-29,32H,6-14,16-17H2,1-5H3/b18-15+/t19-,20-,21-,22-,23-,26-,27-,28+/m0/s1. The average Bonchev–Trinajstić information content (AvgIpc) is 3.64. The van der Waals surface area contributed by atoms with Gasteiger partial charge in [0.2, 0.25) is 0 Å².